The van der Waals surface area contributed by atoms with Gasteiger partial charge in [-0.25, -0.2) is 4.79 Å². The van der Waals surface area contributed by atoms with Gasteiger partial charge in [-0.2, -0.15) is 0 Å². The molecule has 2 heterocycles. The van der Waals surface area contributed by atoms with Crippen LogP contribution in [-0.4, -0.2) is 36.2 Å². The van der Waals surface area contributed by atoms with Gasteiger partial charge in [-0.15, -0.1) is 11.3 Å². The van der Waals surface area contributed by atoms with Crippen LogP contribution in [0.3, 0.4) is 0 Å². The Balaban J connectivity index is 1.60. The largest absolute Gasteiger partial charge is 0.465 e. The zero-order valence-electron chi connectivity index (χ0n) is 19.4. The number of carbonyl (C=O) groups is 2. The first kappa shape index (κ1) is 24.5. The molecule has 1 aromatic carbocycles. The number of rotatable bonds is 11. The van der Waals surface area contributed by atoms with Gasteiger partial charge in [-0.3, -0.25) is 4.79 Å². The van der Waals surface area contributed by atoms with Crippen LogP contribution in [0.5, 0.6) is 0 Å². The molecule has 2 unspecified atom stereocenters. The van der Waals surface area contributed by atoms with Crippen LogP contribution in [0, 0.1) is 0 Å². The highest BCUT2D eigenvalue weighted by Crippen LogP contribution is 2.32. The first-order valence-electron chi connectivity index (χ1n) is 11.7. The van der Waals surface area contributed by atoms with E-state index in [1.54, 1.807) is 11.0 Å². The Morgan fingerprint density at radius 2 is 1.94 bits per heavy atom. The second kappa shape index (κ2) is 11.6. The van der Waals surface area contributed by atoms with Gasteiger partial charge in [0.05, 0.1) is 25.7 Å². The number of anilines is 1. The number of nitrogens with zero attached hydrogens (tertiary/aromatic N) is 1. The predicted molar refractivity (Wildman–Crippen MR) is 129 cm³/mol. The summed E-state index contributed by atoms with van der Waals surface area (Å²) in [6, 6.07) is 11.8. The lowest BCUT2D eigenvalue weighted by Gasteiger charge is -2.27. The number of methoxy groups -OCH3 is 1. The van der Waals surface area contributed by atoms with E-state index in [1.165, 1.54) is 49.7 Å². The molecular weight excluding hydrogens is 422 g/mol. The number of thiophene rings is 1. The molecule has 1 aromatic heterocycles. The van der Waals surface area contributed by atoms with Crippen LogP contribution in [0.25, 0.3) is 0 Å². The van der Waals surface area contributed by atoms with E-state index in [0.717, 1.165) is 23.4 Å². The van der Waals surface area contributed by atoms with E-state index in [0.29, 0.717) is 17.2 Å². The summed E-state index contributed by atoms with van der Waals surface area (Å²) in [5.41, 5.74) is 2.16. The topological polar surface area (TPSA) is 66.8 Å². The number of ether oxygens (including phenoxy) is 1. The summed E-state index contributed by atoms with van der Waals surface area (Å²) in [5, 5.41) is 10.5. The second-order valence-electron chi connectivity index (χ2n) is 8.74. The minimum atomic E-state index is -0.649. The van der Waals surface area contributed by atoms with Crippen molar-refractivity contribution in [1.82, 2.24) is 0 Å². The average Bonchev–Trinajstić information content (AvgIpc) is 3.37. The Morgan fingerprint density at radius 1 is 1.19 bits per heavy atom. The van der Waals surface area contributed by atoms with Crippen molar-refractivity contribution < 1.29 is 19.4 Å². The highest BCUT2D eigenvalue weighted by atomic mass is 32.1. The van der Waals surface area contributed by atoms with Crippen molar-refractivity contribution in [2.45, 2.75) is 83.3 Å². The standard InChI is InChI=1S/C26H35NO4S/c1-4-5-6-8-18(2)19-11-13-20(14-12-19)27-22(23(28)17-25(27)29)10-7-9-21-15-16-24(32-21)26(30)31-3/h11-16,18,22-23,28H,4-10,17H2,1-3H3/t18?,22-,23?/m0/s1. The number of aliphatic hydroxyl groups excluding tert-OH is 1. The summed E-state index contributed by atoms with van der Waals surface area (Å²) >= 11 is 1.44. The van der Waals surface area contributed by atoms with Gasteiger partial charge in [-0.1, -0.05) is 45.2 Å². The molecular formula is C26H35NO4S. The lowest BCUT2D eigenvalue weighted by molar-refractivity contribution is -0.117. The molecule has 0 saturated carbocycles. The number of amides is 1. The van der Waals surface area contributed by atoms with E-state index in [-0.39, 0.29) is 24.3 Å². The molecule has 0 radical (unpaired) electrons. The molecule has 1 amide bonds. The van der Waals surface area contributed by atoms with Gasteiger partial charge in [-0.05, 0) is 61.4 Å². The van der Waals surface area contributed by atoms with Crippen LogP contribution in [0.15, 0.2) is 36.4 Å². The van der Waals surface area contributed by atoms with Crippen LogP contribution in [-0.2, 0) is 16.0 Å². The lowest BCUT2D eigenvalue weighted by Crippen LogP contribution is -2.37. The third-order valence-corrected chi connectivity index (χ3v) is 7.51. The van der Waals surface area contributed by atoms with Gasteiger partial charge < -0.3 is 14.7 Å². The second-order valence-corrected chi connectivity index (χ2v) is 9.91. The maximum absolute atomic E-state index is 12.6. The molecule has 1 N–H and O–H groups in total. The van der Waals surface area contributed by atoms with Crippen molar-refractivity contribution in [3.05, 3.63) is 51.7 Å². The quantitative estimate of drug-likeness (QED) is 0.347. The molecule has 1 saturated heterocycles. The van der Waals surface area contributed by atoms with Crippen LogP contribution >= 0.6 is 11.3 Å². The van der Waals surface area contributed by atoms with E-state index >= 15 is 0 Å². The SMILES string of the molecule is CCCCCC(C)c1ccc(N2C(=O)CC(O)[C@@H]2CCCc2ccc(C(=O)OC)s2)cc1. The van der Waals surface area contributed by atoms with E-state index in [2.05, 4.69) is 26.0 Å². The molecule has 1 fully saturated rings. The molecule has 1 aliphatic rings. The van der Waals surface area contributed by atoms with Gasteiger partial charge in [0.1, 0.15) is 4.88 Å². The maximum atomic E-state index is 12.6. The minimum Gasteiger partial charge on any atom is -0.465 e. The summed E-state index contributed by atoms with van der Waals surface area (Å²) in [7, 11) is 1.38. The summed E-state index contributed by atoms with van der Waals surface area (Å²) in [6.07, 6.45) is 6.79. The Labute approximate surface area is 195 Å². The molecule has 3 rings (SSSR count). The van der Waals surface area contributed by atoms with E-state index in [1.807, 2.05) is 18.2 Å². The number of carbonyl (C=O) groups excluding carboxylic acids is 2. The summed E-state index contributed by atoms with van der Waals surface area (Å²) in [5.74, 6) is 0.176. The van der Waals surface area contributed by atoms with Crippen molar-refractivity contribution in [2.75, 3.05) is 12.0 Å². The first-order chi connectivity index (χ1) is 15.4. The van der Waals surface area contributed by atoms with Crippen LogP contribution in [0.4, 0.5) is 5.69 Å². The maximum Gasteiger partial charge on any atom is 0.348 e. The fourth-order valence-electron chi connectivity index (χ4n) is 4.47. The van der Waals surface area contributed by atoms with E-state index in [4.69, 9.17) is 4.74 Å². The van der Waals surface area contributed by atoms with Gasteiger partial charge in [0.2, 0.25) is 5.91 Å². The Morgan fingerprint density at radius 3 is 2.62 bits per heavy atom. The van der Waals surface area contributed by atoms with E-state index < -0.39 is 6.10 Å². The van der Waals surface area contributed by atoms with Crippen molar-refractivity contribution in [1.29, 1.82) is 0 Å². The van der Waals surface area contributed by atoms with Gasteiger partial charge >= 0.3 is 5.97 Å². The highest BCUT2D eigenvalue weighted by Gasteiger charge is 2.39. The number of esters is 1. The molecule has 174 valence electrons. The number of aryl methyl sites for hydroxylation is 1. The molecule has 5 nitrogen and oxygen atoms in total. The highest BCUT2D eigenvalue weighted by molar-refractivity contribution is 7.13. The van der Waals surface area contributed by atoms with Crippen LogP contribution in [0.1, 0.15) is 84.8 Å². The fourth-order valence-corrected chi connectivity index (χ4v) is 5.43. The minimum absolute atomic E-state index is 0.0182. The van der Waals surface area contributed by atoms with Crippen molar-refractivity contribution in [3.63, 3.8) is 0 Å². The Bertz CT molecular complexity index is 891. The molecule has 0 spiro atoms. The molecule has 3 atom stereocenters. The number of unbranched alkanes of at least 4 members (excludes halogenated alkanes) is 2. The molecule has 0 aliphatic carbocycles. The van der Waals surface area contributed by atoms with Crippen molar-refractivity contribution in [3.8, 4) is 0 Å². The number of hydrogen-bond acceptors (Lipinski definition) is 5. The monoisotopic (exact) mass is 457 g/mol. The smallest absolute Gasteiger partial charge is 0.348 e. The fraction of sp³-hybridized carbons (Fsp3) is 0.538. The Kier molecular flexibility index (Phi) is 8.88. The van der Waals surface area contributed by atoms with Crippen LogP contribution < -0.4 is 4.90 Å². The number of benzene rings is 1. The zero-order chi connectivity index (χ0) is 23.1. The summed E-state index contributed by atoms with van der Waals surface area (Å²) < 4.78 is 4.77. The number of hydrogen-bond donors (Lipinski definition) is 1. The molecule has 6 heteroatoms. The third-order valence-electron chi connectivity index (χ3n) is 6.38. The summed E-state index contributed by atoms with van der Waals surface area (Å²) in [6.45, 7) is 4.48. The van der Waals surface area contributed by atoms with Crippen molar-refractivity contribution in [2.24, 2.45) is 0 Å². The zero-order valence-corrected chi connectivity index (χ0v) is 20.2. The van der Waals surface area contributed by atoms with Crippen molar-refractivity contribution >= 4 is 28.9 Å². The van der Waals surface area contributed by atoms with Crippen LogP contribution in [0.2, 0.25) is 0 Å². The predicted octanol–water partition coefficient (Wildman–Crippen LogP) is 5.71. The lowest BCUT2D eigenvalue weighted by atomic mass is 9.95. The van der Waals surface area contributed by atoms with Gasteiger partial charge in [0, 0.05) is 10.6 Å². The van der Waals surface area contributed by atoms with Gasteiger partial charge in [0.25, 0.3) is 0 Å². The molecule has 2 aromatic rings. The van der Waals surface area contributed by atoms with Gasteiger partial charge in [0.15, 0.2) is 0 Å². The normalized spacial score (nSPS) is 19.4. The Hall–Kier alpha value is -2.18. The summed E-state index contributed by atoms with van der Waals surface area (Å²) in [4.78, 5) is 27.8. The molecule has 32 heavy (non-hydrogen) atoms. The average molecular weight is 458 g/mol. The number of aliphatic hydroxyl groups is 1. The third kappa shape index (κ3) is 5.99. The van der Waals surface area contributed by atoms with E-state index in [9.17, 15) is 14.7 Å². The molecule has 0 bridgehead atoms. The molecule has 1 aliphatic heterocycles. The first-order valence-corrected chi connectivity index (χ1v) is 12.5.